The molecule has 2 unspecified atom stereocenters. The summed E-state index contributed by atoms with van der Waals surface area (Å²) in [5, 5.41) is 18.0. The summed E-state index contributed by atoms with van der Waals surface area (Å²) in [6.45, 7) is 5.42. The number of aliphatic hydroxyl groups excluding tert-OH is 2. The van der Waals surface area contributed by atoms with Crippen molar-refractivity contribution in [2.24, 2.45) is 5.92 Å². The highest BCUT2D eigenvalue weighted by Gasteiger charge is 2.19. The topological polar surface area (TPSA) is 43.7 Å². The average molecular weight is 201 g/mol. The molecule has 0 amide bonds. The van der Waals surface area contributed by atoms with E-state index in [-0.39, 0.29) is 6.10 Å². The van der Waals surface area contributed by atoms with Crippen LogP contribution < -0.4 is 0 Å². The second-order valence-corrected chi connectivity index (χ2v) is 4.46. The normalized spacial score (nSPS) is 26.4. The molecule has 3 heteroatoms. The summed E-state index contributed by atoms with van der Waals surface area (Å²) >= 11 is 0. The van der Waals surface area contributed by atoms with E-state index in [4.69, 9.17) is 5.11 Å². The lowest BCUT2D eigenvalue weighted by molar-refractivity contribution is 0.117. The Morgan fingerprint density at radius 3 is 2.93 bits per heavy atom. The van der Waals surface area contributed by atoms with Gasteiger partial charge in [-0.15, -0.1) is 0 Å². The van der Waals surface area contributed by atoms with Gasteiger partial charge in [-0.2, -0.15) is 0 Å². The molecule has 1 rings (SSSR count). The Hall–Kier alpha value is -0.120. The predicted octanol–water partition coefficient (Wildman–Crippen LogP) is 0.852. The van der Waals surface area contributed by atoms with Crippen LogP contribution in [0.5, 0.6) is 0 Å². The molecule has 0 aromatic carbocycles. The molecule has 1 aliphatic heterocycles. The number of aliphatic hydroxyl groups is 2. The summed E-state index contributed by atoms with van der Waals surface area (Å²) < 4.78 is 0. The van der Waals surface area contributed by atoms with E-state index in [0.717, 1.165) is 32.5 Å². The molecular formula is C11H23NO2. The zero-order valence-corrected chi connectivity index (χ0v) is 9.15. The van der Waals surface area contributed by atoms with Gasteiger partial charge in [-0.05, 0) is 45.1 Å². The number of nitrogens with zero attached hydrogens (tertiary/aromatic N) is 1. The van der Waals surface area contributed by atoms with Gasteiger partial charge >= 0.3 is 0 Å². The summed E-state index contributed by atoms with van der Waals surface area (Å²) in [5.74, 6) is 0.669. The van der Waals surface area contributed by atoms with Crippen molar-refractivity contribution in [1.29, 1.82) is 0 Å². The first-order valence-corrected chi connectivity index (χ1v) is 5.73. The van der Waals surface area contributed by atoms with Crippen molar-refractivity contribution in [3.63, 3.8) is 0 Å². The lowest BCUT2D eigenvalue weighted by Gasteiger charge is -2.32. The van der Waals surface area contributed by atoms with E-state index in [1.54, 1.807) is 0 Å². The van der Waals surface area contributed by atoms with Crippen LogP contribution in [-0.2, 0) is 0 Å². The average Bonchev–Trinajstić information content (AvgIpc) is 2.16. The van der Waals surface area contributed by atoms with E-state index in [0.29, 0.717) is 12.5 Å². The van der Waals surface area contributed by atoms with Crippen LogP contribution in [0.1, 0.15) is 32.6 Å². The molecule has 1 saturated heterocycles. The van der Waals surface area contributed by atoms with Gasteiger partial charge in [-0.25, -0.2) is 0 Å². The summed E-state index contributed by atoms with van der Waals surface area (Å²) in [7, 11) is 0. The summed E-state index contributed by atoms with van der Waals surface area (Å²) in [4.78, 5) is 2.41. The molecule has 1 aliphatic rings. The monoisotopic (exact) mass is 201 g/mol. The molecule has 3 nitrogen and oxygen atoms in total. The minimum absolute atomic E-state index is 0.187. The first-order valence-electron chi connectivity index (χ1n) is 5.73. The number of hydrogen-bond acceptors (Lipinski definition) is 3. The third-order valence-corrected chi connectivity index (χ3v) is 3.00. The van der Waals surface area contributed by atoms with Crippen LogP contribution in [0, 0.1) is 5.92 Å². The molecule has 14 heavy (non-hydrogen) atoms. The highest BCUT2D eigenvalue weighted by molar-refractivity contribution is 4.73. The van der Waals surface area contributed by atoms with Crippen molar-refractivity contribution < 1.29 is 10.2 Å². The number of piperidine rings is 1. The Morgan fingerprint density at radius 1 is 1.50 bits per heavy atom. The maximum Gasteiger partial charge on any atom is 0.0524 e. The van der Waals surface area contributed by atoms with Gasteiger partial charge in [-0.1, -0.05) is 0 Å². The quantitative estimate of drug-likeness (QED) is 0.693. The number of likely N-dealkylation sites (tertiary alicyclic amines) is 1. The van der Waals surface area contributed by atoms with E-state index < -0.39 is 0 Å². The first kappa shape index (κ1) is 12.0. The second-order valence-electron chi connectivity index (χ2n) is 4.46. The minimum atomic E-state index is -0.187. The molecule has 0 spiro atoms. The molecule has 0 bridgehead atoms. The lowest BCUT2D eigenvalue weighted by Crippen LogP contribution is -2.37. The van der Waals surface area contributed by atoms with Gasteiger partial charge in [0.05, 0.1) is 6.10 Å². The minimum Gasteiger partial charge on any atom is -0.396 e. The molecule has 0 aromatic rings. The van der Waals surface area contributed by atoms with Crippen molar-refractivity contribution in [1.82, 2.24) is 4.90 Å². The van der Waals surface area contributed by atoms with Crippen molar-refractivity contribution in [2.75, 3.05) is 26.2 Å². The van der Waals surface area contributed by atoms with E-state index in [9.17, 15) is 5.11 Å². The largest absolute Gasteiger partial charge is 0.396 e. The molecule has 0 aromatic heterocycles. The van der Waals surface area contributed by atoms with Gasteiger partial charge in [0.25, 0.3) is 0 Å². The molecule has 0 saturated carbocycles. The molecular weight excluding hydrogens is 178 g/mol. The van der Waals surface area contributed by atoms with Gasteiger partial charge in [0.15, 0.2) is 0 Å². The molecule has 1 fully saturated rings. The third kappa shape index (κ3) is 4.40. The highest BCUT2D eigenvalue weighted by Crippen LogP contribution is 2.19. The van der Waals surface area contributed by atoms with Crippen LogP contribution in [0.15, 0.2) is 0 Å². The van der Waals surface area contributed by atoms with Crippen LogP contribution in [0.3, 0.4) is 0 Å². The van der Waals surface area contributed by atoms with Crippen LogP contribution in [0.25, 0.3) is 0 Å². The maximum absolute atomic E-state index is 9.19. The van der Waals surface area contributed by atoms with Crippen LogP contribution in [0.2, 0.25) is 0 Å². The zero-order chi connectivity index (χ0) is 10.4. The first-order chi connectivity index (χ1) is 6.72. The molecule has 2 N–H and O–H groups in total. The van der Waals surface area contributed by atoms with Crippen LogP contribution >= 0.6 is 0 Å². The maximum atomic E-state index is 9.19. The van der Waals surface area contributed by atoms with Crippen molar-refractivity contribution in [2.45, 2.75) is 38.7 Å². The third-order valence-electron chi connectivity index (χ3n) is 3.00. The highest BCUT2D eigenvalue weighted by atomic mass is 16.3. The standard InChI is InChI=1S/C11H23NO2/c1-10(14)4-7-12-6-2-3-11(9-12)5-8-13/h10-11,13-14H,2-9H2,1H3. The van der Waals surface area contributed by atoms with Crippen molar-refractivity contribution in [3.8, 4) is 0 Å². The smallest absolute Gasteiger partial charge is 0.0524 e. The van der Waals surface area contributed by atoms with Gasteiger partial charge in [0.1, 0.15) is 0 Å². The van der Waals surface area contributed by atoms with Gasteiger partial charge < -0.3 is 15.1 Å². The molecule has 0 radical (unpaired) electrons. The summed E-state index contributed by atoms with van der Waals surface area (Å²) in [6.07, 6.45) is 4.11. The molecule has 84 valence electrons. The van der Waals surface area contributed by atoms with Crippen LogP contribution in [0.4, 0.5) is 0 Å². The van der Waals surface area contributed by atoms with Gasteiger partial charge in [0.2, 0.25) is 0 Å². The predicted molar refractivity (Wildman–Crippen MR) is 57.2 cm³/mol. The number of hydrogen-bond donors (Lipinski definition) is 2. The molecule has 1 heterocycles. The Bertz CT molecular complexity index is 148. The SMILES string of the molecule is CC(O)CCN1CCCC(CCO)C1. The molecule has 0 aliphatic carbocycles. The summed E-state index contributed by atoms with van der Waals surface area (Å²) in [5.41, 5.74) is 0. The Kier molecular flexibility index (Phi) is 5.45. The Morgan fingerprint density at radius 2 is 2.29 bits per heavy atom. The van der Waals surface area contributed by atoms with Crippen LogP contribution in [-0.4, -0.2) is 47.5 Å². The fourth-order valence-corrected chi connectivity index (χ4v) is 2.14. The van der Waals surface area contributed by atoms with Crippen molar-refractivity contribution >= 4 is 0 Å². The number of rotatable bonds is 5. The lowest BCUT2D eigenvalue weighted by atomic mass is 9.95. The summed E-state index contributed by atoms with van der Waals surface area (Å²) in [6, 6.07) is 0. The fraction of sp³-hybridized carbons (Fsp3) is 1.00. The van der Waals surface area contributed by atoms with E-state index in [1.165, 1.54) is 12.8 Å². The van der Waals surface area contributed by atoms with E-state index in [2.05, 4.69) is 4.90 Å². The van der Waals surface area contributed by atoms with Gasteiger partial charge in [-0.3, -0.25) is 0 Å². The Labute approximate surface area is 86.7 Å². The van der Waals surface area contributed by atoms with E-state index in [1.807, 2.05) is 6.92 Å². The second kappa shape index (κ2) is 6.38. The molecule has 2 atom stereocenters. The van der Waals surface area contributed by atoms with E-state index >= 15 is 0 Å². The fourth-order valence-electron chi connectivity index (χ4n) is 2.14. The zero-order valence-electron chi connectivity index (χ0n) is 9.15. The van der Waals surface area contributed by atoms with Crippen molar-refractivity contribution in [3.05, 3.63) is 0 Å². The Balaban J connectivity index is 2.18. The van der Waals surface area contributed by atoms with Gasteiger partial charge in [0, 0.05) is 19.7 Å².